The summed E-state index contributed by atoms with van der Waals surface area (Å²) >= 11 is 3.84. The van der Waals surface area contributed by atoms with Crippen molar-refractivity contribution in [3.63, 3.8) is 0 Å². The maximum absolute atomic E-state index is 13.1. The first-order chi connectivity index (χ1) is 18.2. The van der Waals surface area contributed by atoms with Gasteiger partial charge in [-0.05, 0) is 48.7 Å². The van der Waals surface area contributed by atoms with Crippen molar-refractivity contribution < 1.29 is 45.8 Å². The van der Waals surface area contributed by atoms with Crippen molar-refractivity contribution >= 4 is 42.2 Å². The average molecular weight is 578 g/mol. The lowest BCUT2D eigenvalue weighted by molar-refractivity contribution is -0.143. The minimum absolute atomic E-state index is 0.00129. The summed E-state index contributed by atoms with van der Waals surface area (Å²) in [6, 6.07) is 2.64. The smallest absolute Gasteiger partial charge is 0.416 e. The molecule has 0 unspecified atom stereocenters. The third-order valence-corrected chi connectivity index (χ3v) is 5.62. The molecule has 0 spiro atoms. The Morgan fingerprint density at radius 3 is 2.10 bits per heavy atom. The number of amidine groups is 1. The van der Waals surface area contributed by atoms with Gasteiger partial charge in [0.2, 0.25) is 0 Å². The molecule has 1 saturated heterocycles. The number of urea groups is 1. The van der Waals surface area contributed by atoms with Crippen LogP contribution in [0.25, 0.3) is 0 Å². The number of ether oxygens (including phenoxy) is 1. The van der Waals surface area contributed by atoms with Gasteiger partial charge in [-0.1, -0.05) is 0 Å². The number of hydrogen-bond acceptors (Lipinski definition) is 7. The number of benzene rings is 1. The molecular weight excluding hydrogens is 558 g/mol. The van der Waals surface area contributed by atoms with Crippen molar-refractivity contribution in [2.24, 2.45) is 4.40 Å². The Morgan fingerprint density at radius 1 is 1.03 bits per heavy atom. The normalized spacial score (nSPS) is 14.7. The van der Waals surface area contributed by atoms with E-state index in [1.54, 1.807) is 4.90 Å². The van der Waals surface area contributed by atoms with Crippen molar-refractivity contribution in [1.29, 1.82) is 5.41 Å². The third-order valence-electron chi connectivity index (χ3n) is 5.43. The van der Waals surface area contributed by atoms with Gasteiger partial charge in [0.15, 0.2) is 5.84 Å². The minimum Gasteiger partial charge on any atom is -0.477 e. The second kappa shape index (κ2) is 11.8. The number of nitrogens with one attached hydrogen (secondary N) is 2. The molecule has 1 aromatic carbocycles. The van der Waals surface area contributed by atoms with E-state index in [-0.39, 0.29) is 50.4 Å². The molecule has 1 aliphatic rings. The maximum atomic E-state index is 13.1. The molecule has 210 valence electrons. The molecule has 0 bridgehead atoms. The lowest BCUT2D eigenvalue weighted by Crippen LogP contribution is -2.53. The molecule has 0 radical (unpaired) electrons. The Balaban J connectivity index is 1.60. The number of aromatic nitrogens is 1. The number of alkyl halides is 6. The molecule has 0 aliphatic carbocycles. The first-order valence-electron chi connectivity index (χ1n) is 10.9. The number of rotatable bonds is 4. The van der Waals surface area contributed by atoms with Crippen molar-refractivity contribution in [3.05, 3.63) is 58.9 Å². The van der Waals surface area contributed by atoms with Crippen LogP contribution >= 0.6 is 12.8 Å². The van der Waals surface area contributed by atoms with Crippen LogP contribution in [0.15, 0.2) is 40.9 Å². The summed E-state index contributed by atoms with van der Waals surface area (Å²) in [5.41, 5.74) is -3.57. The van der Waals surface area contributed by atoms with E-state index >= 15 is 0 Å². The largest absolute Gasteiger partial charge is 0.477 e. The van der Waals surface area contributed by atoms with Crippen molar-refractivity contribution in [2.45, 2.75) is 19.0 Å². The number of halogens is 6. The fraction of sp³-hybridized carbons (Fsp3) is 0.318. The molecule has 0 atom stereocenters. The van der Waals surface area contributed by atoms with Crippen LogP contribution in [-0.4, -0.2) is 69.8 Å². The van der Waals surface area contributed by atoms with Gasteiger partial charge in [0.1, 0.15) is 12.3 Å². The summed E-state index contributed by atoms with van der Waals surface area (Å²) in [6.45, 7) is -0.0128. The van der Waals surface area contributed by atoms with Gasteiger partial charge >= 0.3 is 24.4 Å². The maximum Gasteiger partial charge on any atom is 0.416 e. The van der Waals surface area contributed by atoms with Crippen molar-refractivity contribution in [3.8, 4) is 0 Å². The number of carboxylic acids is 1. The number of amides is 2. The molecule has 2 aromatic rings. The number of pyridine rings is 1. The van der Waals surface area contributed by atoms with Crippen LogP contribution < -0.4 is 5.32 Å². The summed E-state index contributed by atoms with van der Waals surface area (Å²) in [5.74, 6) is -1.64. The van der Waals surface area contributed by atoms with Gasteiger partial charge in [-0.25, -0.2) is 14.6 Å². The van der Waals surface area contributed by atoms with Crippen LogP contribution in [0, 0.1) is 5.41 Å². The minimum atomic E-state index is -5.06. The molecule has 1 fully saturated rings. The number of piperazine rings is 1. The van der Waals surface area contributed by atoms with Crippen molar-refractivity contribution in [1.82, 2.24) is 14.8 Å². The number of nitrogens with zero attached hydrogens (tertiary/aromatic N) is 4. The molecule has 2 heterocycles. The number of anilines is 1. The topological polar surface area (TPSA) is 131 Å². The van der Waals surface area contributed by atoms with Gasteiger partial charge in [0.25, 0.3) is 5.90 Å². The standard InChI is InChI=1S/C22H20F6N6O4S/c23-21(24,25)13-8-14(22(26,27)28)10-15(9-13)31-20(37)34-5-3-33(4-6-34)18(32-39)17(29)38-11-12-1-2-30-16(7-12)19(35)36/h1-2,7-10,29,39H,3-6,11H2,(H,31,37)(H,35,36)/b29-17?,32-18+. The predicted octanol–water partition coefficient (Wildman–Crippen LogP) is 4.40. The van der Waals surface area contributed by atoms with Crippen LogP contribution in [0.5, 0.6) is 0 Å². The Hall–Kier alpha value is -4.02. The van der Waals surface area contributed by atoms with Crippen LogP contribution in [0.1, 0.15) is 27.2 Å². The molecule has 0 saturated carbocycles. The molecule has 1 aromatic heterocycles. The fourth-order valence-electron chi connectivity index (χ4n) is 3.50. The van der Waals surface area contributed by atoms with Crippen LogP contribution in [0.4, 0.5) is 36.8 Å². The fourth-order valence-corrected chi connectivity index (χ4v) is 3.72. The van der Waals surface area contributed by atoms with Gasteiger partial charge in [0, 0.05) is 38.1 Å². The highest BCUT2D eigenvalue weighted by Gasteiger charge is 2.37. The van der Waals surface area contributed by atoms with Gasteiger partial charge in [0.05, 0.1) is 11.1 Å². The third kappa shape index (κ3) is 7.75. The van der Waals surface area contributed by atoms with Gasteiger partial charge in [-0.15, -0.1) is 0 Å². The molecule has 1 aliphatic heterocycles. The van der Waals surface area contributed by atoms with E-state index in [1.807, 2.05) is 0 Å². The number of aromatic carboxylic acids is 1. The van der Waals surface area contributed by atoms with E-state index in [0.717, 1.165) is 0 Å². The highest BCUT2D eigenvalue weighted by atomic mass is 32.1. The summed E-state index contributed by atoms with van der Waals surface area (Å²) in [7, 11) is 0. The second-order valence-corrected chi connectivity index (χ2v) is 8.29. The lowest BCUT2D eigenvalue weighted by atomic mass is 10.1. The number of carbonyl (C=O) groups is 2. The first kappa shape index (κ1) is 29.5. The summed E-state index contributed by atoms with van der Waals surface area (Å²) < 4.78 is 87.6. The molecule has 17 heteroatoms. The van der Waals surface area contributed by atoms with Gasteiger partial charge in [-0.3, -0.25) is 5.41 Å². The quantitative estimate of drug-likeness (QED) is 0.184. The SMILES string of the molecule is N=C(OCc1ccnc(C(=O)O)c1)/C(=N\S)N1CCN(C(=O)Nc2cc(C(F)(F)F)cc(C(F)(F)F)c2)CC1. The van der Waals surface area contributed by atoms with Gasteiger partial charge < -0.3 is 25.0 Å². The first-order valence-corrected chi connectivity index (χ1v) is 11.3. The molecule has 39 heavy (non-hydrogen) atoms. The zero-order chi connectivity index (χ0) is 29.0. The molecule has 3 N–H and O–H groups in total. The lowest BCUT2D eigenvalue weighted by Gasteiger charge is -2.36. The molecule has 3 rings (SSSR count). The zero-order valence-corrected chi connectivity index (χ0v) is 20.6. The van der Waals surface area contributed by atoms with E-state index in [0.29, 0.717) is 17.7 Å². The Morgan fingerprint density at radius 2 is 1.59 bits per heavy atom. The van der Waals surface area contributed by atoms with Crippen LogP contribution in [0.3, 0.4) is 0 Å². The predicted molar refractivity (Wildman–Crippen MR) is 129 cm³/mol. The Labute approximate surface area is 222 Å². The monoisotopic (exact) mass is 578 g/mol. The molecule has 2 amide bonds. The van der Waals surface area contributed by atoms with E-state index in [4.69, 9.17) is 15.3 Å². The Kier molecular flexibility index (Phi) is 8.93. The number of thiol groups is 1. The van der Waals surface area contributed by atoms with E-state index in [2.05, 4.69) is 27.5 Å². The van der Waals surface area contributed by atoms with Crippen molar-refractivity contribution in [2.75, 3.05) is 31.5 Å². The summed E-state index contributed by atoms with van der Waals surface area (Å²) in [5, 5.41) is 19.2. The van der Waals surface area contributed by atoms with Crippen LogP contribution in [0.2, 0.25) is 0 Å². The summed E-state index contributed by atoms with van der Waals surface area (Å²) in [6.07, 6.45) is -8.85. The molecule has 10 nitrogen and oxygen atoms in total. The highest BCUT2D eigenvalue weighted by Crippen LogP contribution is 2.37. The summed E-state index contributed by atoms with van der Waals surface area (Å²) in [4.78, 5) is 30.0. The second-order valence-electron chi connectivity index (χ2n) is 8.09. The van der Waals surface area contributed by atoms with E-state index < -0.39 is 47.1 Å². The zero-order valence-electron chi connectivity index (χ0n) is 19.7. The number of hydrogen-bond donors (Lipinski definition) is 4. The highest BCUT2D eigenvalue weighted by molar-refractivity contribution is 7.79. The van der Waals surface area contributed by atoms with Gasteiger partial charge in [-0.2, -0.15) is 30.7 Å². The average Bonchev–Trinajstić information content (AvgIpc) is 2.87. The van der Waals surface area contributed by atoms with E-state index in [1.165, 1.54) is 23.2 Å². The Bertz CT molecular complexity index is 1250. The molecular formula is C22H20F6N6O4S. The van der Waals surface area contributed by atoms with Crippen LogP contribution in [-0.2, 0) is 23.7 Å². The number of carboxylic acid groups (broad SMARTS) is 1. The number of carbonyl (C=O) groups excluding carboxylic acids is 1. The van der Waals surface area contributed by atoms with E-state index in [9.17, 15) is 35.9 Å².